The van der Waals surface area contributed by atoms with Gasteiger partial charge in [-0.2, -0.15) is 0 Å². The second-order valence-corrected chi connectivity index (χ2v) is 6.70. The normalized spacial score (nSPS) is 11.0. The fourth-order valence-corrected chi connectivity index (χ4v) is 3.14. The lowest BCUT2D eigenvalue weighted by atomic mass is 10.3. The van der Waals surface area contributed by atoms with E-state index in [0.29, 0.717) is 0 Å². The molecule has 2 aromatic heterocycles. The highest BCUT2D eigenvalue weighted by Gasteiger charge is 2.03. The van der Waals surface area contributed by atoms with E-state index in [9.17, 15) is 0 Å². The number of anilines is 1. The number of benzene rings is 1. The molecule has 0 atom stereocenters. The fourth-order valence-electron chi connectivity index (χ4n) is 1.66. The first-order valence-corrected chi connectivity index (χ1v) is 8.07. The smallest absolute Gasteiger partial charge is 0.193 e. The number of aromatic nitrogens is 2. The van der Waals surface area contributed by atoms with E-state index in [2.05, 4.69) is 73.2 Å². The number of hydrogen-bond acceptors (Lipinski definition) is 3. The highest BCUT2D eigenvalue weighted by Crippen LogP contribution is 2.23. The summed E-state index contributed by atoms with van der Waals surface area (Å²) in [5, 5.41) is 5.42. The third kappa shape index (κ3) is 2.55. The van der Waals surface area contributed by atoms with Crippen molar-refractivity contribution in [2.45, 2.75) is 6.54 Å². The number of nitrogens with zero attached hydrogens (tertiary/aromatic N) is 2. The highest BCUT2D eigenvalue weighted by atomic mass is 127. The molecule has 3 aromatic rings. The molecule has 0 saturated carbocycles. The Kier molecular flexibility index (Phi) is 3.58. The first-order chi connectivity index (χ1) is 8.72. The average molecular weight is 434 g/mol. The molecule has 0 unspecified atom stereocenters. The Labute approximate surface area is 131 Å². The van der Waals surface area contributed by atoms with Gasteiger partial charge in [0, 0.05) is 31.5 Å². The van der Waals surface area contributed by atoms with E-state index in [4.69, 9.17) is 0 Å². The summed E-state index contributed by atoms with van der Waals surface area (Å²) in [6, 6.07) is 6.23. The lowest BCUT2D eigenvalue weighted by molar-refractivity contribution is 1.08. The SMILES string of the molecule is Brc1ccc(NCc2cn3ccsc3n2)cc1I. The van der Waals surface area contributed by atoms with Crippen LogP contribution in [0, 0.1) is 3.57 Å². The van der Waals surface area contributed by atoms with Crippen molar-refractivity contribution in [2.24, 2.45) is 0 Å². The number of fused-ring (bicyclic) bond motifs is 1. The van der Waals surface area contributed by atoms with Gasteiger partial charge in [-0.15, -0.1) is 11.3 Å². The molecule has 0 fully saturated rings. The van der Waals surface area contributed by atoms with E-state index >= 15 is 0 Å². The first-order valence-electron chi connectivity index (χ1n) is 5.32. The van der Waals surface area contributed by atoms with Crippen molar-refractivity contribution in [3.8, 4) is 0 Å². The Morgan fingerprint density at radius 2 is 2.33 bits per heavy atom. The number of halogens is 2. The molecule has 1 aromatic carbocycles. The van der Waals surface area contributed by atoms with Gasteiger partial charge in [0.1, 0.15) is 0 Å². The number of hydrogen-bond donors (Lipinski definition) is 1. The molecule has 0 aliphatic rings. The minimum Gasteiger partial charge on any atom is -0.379 e. The van der Waals surface area contributed by atoms with Crippen molar-refractivity contribution < 1.29 is 0 Å². The molecule has 3 rings (SSSR count). The number of rotatable bonds is 3. The van der Waals surface area contributed by atoms with Crippen molar-refractivity contribution in [1.82, 2.24) is 9.38 Å². The predicted molar refractivity (Wildman–Crippen MR) is 87.3 cm³/mol. The zero-order valence-corrected chi connectivity index (χ0v) is 13.8. The Bertz CT molecular complexity index is 663. The summed E-state index contributed by atoms with van der Waals surface area (Å²) in [5.41, 5.74) is 2.17. The van der Waals surface area contributed by atoms with Crippen LogP contribution < -0.4 is 5.32 Å². The molecule has 92 valence electrons. The molecule has 0 radical (unpaired) electrons. The van der Waals surface area contributed by atoms with E-state index in [0.717, 1.165) is 27.4 Å². The summed E-state index contributed by atoms with van der Waals surface area (Å²) in [4.78, 5) is 5.57. The molecule has 2 heterocycles. The van der Waals surface area contributed by atoms with Crippen molar-refractivity contribution in [3.05, 3.63) is 49.7 Å². The maximum Gasteiger partial charge on any atom is 0.193 e. The Hall–Kier alpha value is -0.600. The van der Waals surface area contributed by atoms with E-state index in [1.807, 2.05) is 16.0 Å². The van der Waals surface area contributed by atoms with Crippen LogP contribution in [0.3, 0.4) is 0 Å². The lowest BCUT2D eigenvalue weighted by Crippen LogP contribution is -1.99. The van der Waals surface area contributed by atoms with E-state index < -0.39 is 0 Å². The molecule has 1 N–H and O–H groups in total. The van der Waals surface area contributed by atoms with E-state index in [1.54, 1.807) is 11.3 Å². The largest absolute Gasteiger partial charge is 0.379 e. The van der Waals surface area contributed by atoms with Gasteiger partial charge in [0.05, 0.1) is 12.2 Å². The zero-order valence-electron chi connectivity index (χ0n) is 9.23. The topological polar surface area (TPSA) is 29.3 Å². The summed E-state index contributed by atoms with van der Waals surface area (Å²) in [5.74, 6) is 0. The summed E-state index contributed by atoms with van der Waals surface area (Å²) >= 11 is 7.45. The van der Waals surface area contributed by atoms with Gasteiger partial charge < -0.3 is 5.32 Å². The molecule has 0 bridgehead atoms. The van der Waals surface area contributed by atoms with Gasteiger partial charge in [0.15, 0.2) is 4.96 Å². The number of nitrogens with one attached hydrogen (secondary N) is 1. The molecule has 0 saturated heterocycles. The van der Waals surface area contributed by atoms with Crippen molar-refractivity contribution in [1.29, 1.82) is 0 Å². The Morgan fingerprint density at radius 3 is 3.11 bits per heavy atom. The van der Waals surface area contributed by atoms with Gasteiger partial charge in [-0.25, -0.2) is 4.98 Å². The fraction of sp³-hybridized carbons (Fsp3) is 0.0833. The van der Waals surface area contributed by atoms with Crippen LogP contribution in [0.1, 0.15) is 5.69 Å². The van der Waals surface area contributed by atoms with Gasteiger partial charge in [-0.05, 0) is 56.7 Å². The monoisotopic (exact) mass is 433 g/mol. The maximum absolute atomic E-state index is 4.54. The summed E-state index contributed by atoms with van der Waals surface area (Å²) in [6.45, 7) is 0.742. The van der Waals surface area contributed by atoms with Crippen LogP contribution in [0.2, 0.25) is 0 Å². The van der Waals surface area contributed by atoms with Crippen LogP contribution in [0.15, 0.2) is 40.4 Å². The number of imidazole rings is 1. The van der Waals surface area contributed by atoms with E-state index in [1.165, 1.54) is 3.57 Å². The predicted octanol–water partition coefficient (Wildman–Crippen LogP) is 4.38. The van der Waals surface area contributed by atoms with Crippen LogP contribution >= 0.6 is 49.9 Å². The van der Waals surface area contributed by atoms with Crippen LogP contribution in [0.25, 0.3) is 4.96 Å². The molecule has 3 nitrogen and oxygen atoms in total. The number of thiazole rings is 1. The minimum atomic E-state index is 0.742. The van der Waals surface area contributed by atoms with Gasteiger partial charge in [-0.1, -0.05) is 0 Å². The third-order valence-electron chi connectivity index (χ3n) is 2.54. The van der Waals surface area contributed by atoms with Crippen molar-refractivity contribution >= 4 is 60.5 Å². The third-order valence-corrected chi connectivity index (χ3v) is 5.63. The van der Waals surface area contributed by atoms with Crippen LogP contribution in [0.4, 0.5) is 5.69 Å². The average Bonchev–Trinajstić information content (AvgIpc) is 2.91. The molecule has 0 amide bonds. The summed E-state index contributed by atoms with van der Waals surface area (Å²) in [6.07, 6.45) is 4.09. The van der Waals surface area contributed by atoms with Gasteiger partial charge >= 0.3 is 0 Å². The first kappa shape index (κ1) is 12.4. The summed E-state index contributed by atoms with van der Waals surface area (Å²) < 4.78 is 4.37. The van der Waals surface area contributed by atoms with Gasteiger partial charge in [0.2, 0.25) is 0 Å². The molecule has 0 aliphatic heterocycles. The zero-order chi connectivity index (χ0) is 12.5. The Balaban J connectivity index is 1.73. The van der Waals surface area contributed by atoms with Crippen LogP contribution in [-0.2, 0) is 6.54 Å². The molecule has 0 spiro atoms. The minimum absolute atomic E-state index is 0.742. The molecule has 18 heavy (non-hydrogen) atoms. The van der Waals surface area contributed by atoms with Gasteiger partial charge in [-0.3, -0.25) is 4.40 Å². The molecule has 0 aliphatic carbocycles. The Morgan fingerprint density at radius 1 is 1.44 bits per heavy atom. The van der Waals surface area contributed by atoms with Crippen LogP contribution in [0.5, 0.6) is 0 Å². The van der Waals surface area contributed by atoms with Crippen LogP contribution in [-0.4, -0.2) is 9.38 Å². The van der Waals surface area contributed by atoms with Gasteiger partial charge in [0.25, 0.3) is 0 Å². The van der Waals surface area contributed by atoms with Crippen molar-refractivity contribution in [2.75, 3.05) is 5.32 Å². The highest BCUT2D eigenvalue weighted by molar-refractivity contribution is 14.1. The molecular weight excluding hydrogens is 425 g/mol. The van der Waals surface area contributed by atoms with E-state index in [-0.39, 0.29) is 0 Å². The lowest BCUT2D eigenvalue weighted by Gasteiger charge is -2.05. The van der Waals surface area contributed by atoms with Crippen molar-refractivity contribution in [3.63, 3.8) is 0 Å². The second kappa shape index (κ2) is 5.18. The molecule has 6 heteroatoms. The standard InChI is InChI=1S/C12H9BrIN3S/c13-10-2-1-8(5-11(10)14)15-6-9-7-17-3-4-18-12(17)16-9/h1-5,7,15H,6H2. The maximum atomic E-state index is 4.54. The summed E-state index contributed by atoms with van der Waals surface area (Å²) in [7, 11) is 0. The molecular formula is C12H9BrIN3S. The quantitative estimate of drug-likeness (QED) is 0.621. The second-order valence-electron chi connectivity index (χ2n) is 3.81.